The van der Waals surface area contributed by atoms with Gasteiger partial charge in [0.1, 0.15) is 17.4 Å². The minimum absolute atomic E-state index is 0.293. The lowest BCUT2D eigenvalue weighted by Crippen LogP contribution is -2.28. The zero-order valence-corrected chi connectivity index (χ0v) is 13.7. The van der Waals surface area contributed by atoms with E-state index in [1.807, 2.05) is 36.4 Å². The van der Waals surface area contributed by atoms with Gasteiger partial charge in [-0.05, 0) is 42.8 Å². The second kappa shape index (κ2) is 5.81. The Balaban J connectivity index is 2.09. The normalized spacial score (nSPS) is 12.8. The molecule has 0 spiro atoms. The highest BCUT2D eigenvalue weighted by molar-refractivity contribution is 9.10. The fourth-order valence-corrected chi connectivity index (χ4v) is 3.17. The van der Waals surface area contributed by atoms with Gasteiger partial charge in [0.2, 0.25) is 0 Å². The first-order valence-electron chi connectivity index (χ1n) is 6.49. The Labute approximate surface area is 136 Å². The standard InChI is InChI=1S/C16H14BrClN2O/c1-9-2-5-14-10(6-9)7-15(21-14)16(20-19)12-4-3-11(17)8-13(12)18/h2-8,16,20H,19H2,1H3. The first-order valence-corrected chi connectivity index (χ1v) is 7.67. The van der Waals surface area contributed by atoms with E-state index in [1.165, 1.54) is 5.56 Å². The first kappa shape index (κ1) is 14.6. The van der Waals surface area contributed by atoms with Crippen LogP contribution in [0.4, 0.5) is 0 Å². The lowest BCUT2D eigenvalue weighted by Gasteiger charge is -2.15. The van der Waals surface area contributed by atoms with Crippen LogP contribution in [0.5, 0.6) is 0 Å². The number of hydrazine groups is 1. The molecular formula is C16H14BrClN2O. The van der Waals surface area contributed by atoms with Gasteiger partial charge in [-0.2, -0.15) is 0 Å². The molecule has 0 bridgehead atoms. The molecule has 1 heterocycles. The third-order valence-electron chi connectivity index (χ3n) is 3.42. The van der Waals surface area contributed by atoms with Gasteiger partial charge in [0.05, 0.1) is 0 Å². The molecule has 0 aliphatic heterocycles. The largest absolute Gasteiger partial charge is 0.459 e. The third-order valence-corrected chi connectivity index (χ3v) is 4.24. The highest BCUT2D eigenvalue weighted by Crippen LogP contribution is 2.33. The summed E-state index contributed by atoms with van der Waals surface area (Å²) in [7, 11) is 0. The lowest BCUT2D eigenvalue weighted by molar-refractivity contribution is 0.477. The van der Waals surface area contributed by atoms with Crippen molar-refractivity contribution >= 4 is 38.5 Å². The number of fused-ring (bicyclic) bond motifs is 1. The molecule has 2 aromatic carbocycles. The highest BCUT2D eigenvalue weighted by atomic mass is 79.9. The van der Waals surface area contributed by atoms with E-state index in [0.717, 1.165) is 26.8 Å². The van der Waals surface area contributed by atoms with Gasteiger partial charge in [-0.25, -0.2) is 5.43 Å². The molecule has 0 amide bonds. The summed E-state index contributed by atoms with van der Waals surface area (Å²) >= 11 is 9.71. The van der Waals surface area contributed by atoms with Gasteiger partial charge in [0, 0.05) is 14.9 Å². The van der Waals surface area contributed by atoms with E-state index in [4.69, 9.17) is 21.9 Å². The number of rotatable bonds is 3. The number of benzene rings is 2. The van der Waals surface area contributed by atoms with Crippen molar-refractivity contribution in [3.05, 3.63) is 68.8 Å². The number of furan rings is 1. The molecule has 0 saturated carbocycles. The monoisotopic (exact) mass is 364 g/mol. The van der Waals surface area contributed by atoms with Crippen molar-refractivity contribution in [1.82, 2.24) is 5.43 Å². The molecule has 0 aliphatic rings. The van der Waals surface area contributed by atoms with E-state index >= 15 is 0 Å². The van der Waals surface area contributed by atoms with Crippen LogP contribution in [-0.4, -0.2) is 0 Å². The first-order chi connectivity index (χ1) is 10.1. The number of halogens is 2. The highest BCUT2D eigenvalue weighted by Gasteiger charge is 2.20. The molecule has 1 aromatic heterocycles. The molecule has 0 fully saturated rings. The Kier molecular flexibility index (Phi) is 4.04. The number of hydrogen-bond acceptors (Lipinski definition) is 3. The second-order valence-electron chi connectivity index (χ2n) is 4.96. The van der Waals surface area contributed by atoms with E-state index < -0.39 is 0 Å². The van der Waals surface area contributed by atoms with Gasteiger partial charge in [-0.1, -0.05) is 45.2 Å². The van der Waals surface area contributed by atoms with Gasteiger partial charge in [0.25, 0.3) is 0 Å². The minimum Gasteiger partial charge on any atom is -0.459 e. The number of nitrogens with one attached hydrogen (secondary N) is 1. The summed E-state index contributed by atoms with van der Waals surface area (Å²) in [5.74, 6) is 6.45. The van der Waals surface area contributed by atoms with Crippen LogP contribution >= 0.6 is 27.5 Å². The molecule has 1 atom stereocenters. The van der Waals surface area contributed by atoms with E-state index in [0.29, 0.717) is 5.02 Å². The molecule has 3 nitrogen and oxygen atoms in total. The van der Waals surface area contributed by atoms with Gasteiger partial charge in [-0.15, -0.1) is 0 Å². The van der Waals surface area contributed by atoms with Crippen LogP contribution in [0.25, 0.3) is 11.0 Å². The molecule has 3 N–H and O–H groups in total. The number of hydrogen-bond donors (Lipinski definition) is 2. The van der Waals surface area contributed by atoms with Crippen molar-refractivity contribution in [2.75, 3.05) is 0 Å². The second-order valence-corrected chi connectivity index (χ2v) is 6.28. The molecule has 0 saturated heterocycles. The summed E-state index contributed by atoms with van der Waals surface area (Å²) in [5.41, 5.74) is 5.68. The zero-order chi connectivity index (χ0) is 15.0. The molecular weight excluding hydrogens is 352 g/mol. The van der Waals surface area contributed by atoms with Crippen LogP contribution < -0.4 is 11.3 Å². The van der Waals surface area contributed by atoms with Crippen LogP contribution in [0.3, 0.4) is 0 Å². The summed E-state index contributed by atoms with van der Waals surface area (Å²) in [6.45, 7) is 2.05. The van der Waals surface area contributed by atoms with Crippen LogP contribution in [0.1, 0.15) is 22.9 Å². The van der Waals surface area contributed by atoms with E-state index in [1.54, 1.807) is 0 Å². The summed E-state index contributed by atoms with van der Waals surface area (Å²) in [4.78, 5) is 0. The van der Waals surface area contributed by atoms with Crippen molar-refractivity contribution in [2.45, 2.75) is 13.0 Å². The molecule has 3 rings (SSSR count). The maximum Gasteiger partial charge on any atom is 0.134 e. The Bertz CT molecular complexity index is 800. The van der Waals surface area contributed by atoms with Gasteiger partial charge >= 0.3 is 0 Å². The number of aryl methyl sites for hydroxylation is 1. The quantitative estimate of drug-likeness (QED) is 0.522. The molecule has 21 heavy (non-hydrogen) atoms. The molecule has 5 heteroatoms. The fourth-order valence-electron chi connectivity index (χ4n) is 2.39. The SMILES string of the molecule is Cc1ccc2oc(C(NN)c3ccc(Br)cc3Cl)cc2c1. The van der Waals surface area contributed by atoms with Crippen molar-refractivity contribution < 1.29 is 4.42 Å². The van der Waals surface area contributed by atoms with E-state index in [2.05, 4.69) is 34.3 Å². The van der Waals surface area contributed by atoms with E-state index in [-0.39, 0.29) is 6.04 Å². The average molecular weight is 366 g/mol. The topological polar surface area (TPSA) is 51.2 Å². The third kappa shape index (κ3) is 2.85. The van der Waals surface area contributed by atoms with Crippen molar-refractivity contribution in [2.24, 2.45) is 5.84 Å². The fraction of sp³-hybridized carbons (Fsp3) is 0.125. The smallest absolute Gasteiger partial charge is 0.134 e. The lowest BCUT2D eigenvalue weighted by atomic mass is 10.0. The Morgan fingerprint density at radius 1 is 1.19 bits per heavy atom. The predicted octanol–water partition coefficient (Wildman–Crippen LogP) is 4.71. The van der Waals surface area contributed by atoms with Crippen molar-refractivity contribution in [3.8, 4) is 0 Å². The van der Waals surface area contributed by atoms with Crippen LogP contribution in [0.15, 0.2) is 51.4 Å². The summed E-state index contributed by atoms with van der Waals surface area (Å²) < 4.78 is 6.83. The molecule has 1 unspecified atom stereocenters. The van der Waals surface area contributed by atoms with Gasteiger partial charge in [-0.3, -0.25) is 5.84 Å². The maximum absolute atomic E-state index is 6.31. The van der Waals surface area contributed by atoms with Gasteiger partial charge in [0.15, 0.2) is 0 Å². The summed E-state index contributed by atoms with van der Waals surface area (Å²) in [6.07, 6.45) is 0. The molecule has 0 aliphatic carbocycles. The predicted molar refractivity (Wildman–Crippen MR) is 89.3 cm³/mol. The Morgan fingerprint density at radius 2 is 2.00 bits per heavy atom. The number of nitrogens with two attached hydrogens (primary N) is 1. The maximum atomic E-state index is 6.31. The van der Waals surface area contributed by atoms with Crippen LogP contribution in [0.2, 0.25) is 5.02 Å². The van der Waals surface area contributed by atoms with Crippen molar-refractivity contribution in [3.63, 3.8) is 0 Å². The van der Waals surface area contributed by atoms with E-state index in [9.17, 15) is 0 Å². The molecule has 0 radical (unpaired) electrons. The average Bonchev–Trinajstić information content (AvgIpc) is 2.84. The summed E-state index contributed by atoms with van der Waals surface area (Å²) in [6, 6.07) is 13.5. The Morgan fingerprint density at radius 3 is 2.71 bits per heavy atom. The van der Waals surface area contributed by atoms with Crippen LogP contribution in [-0.2, 0) is 0 Å². The minimum atomic E-state index is -0.293. The Hall–Kier alpha value is -1.33. The molecule has 108 valence electrons. The molecule has 3 aromatic rings. The van der Waals surface area contributed by atoms with Crippen molar-refractivity contribution in [1.29, 1.82) is 0 Å². The zero-order valence-electron chi connectivity index (χ0n) is 11.4. The van der Waals surface area contributed by atoms with Gasteiger partial charge < -0.3 is 4.42 Å². The summed E-state index contributed by atoms with van der Waals surface area (Å²) in [5, 5.41) is 1.68. The van der Waals surface area contributed by atoms with Crippen LogP contribution in [0, 0.1) is 6.92 Å².